The van der Waals surface area contributed by atoms with Crippen molar-refractivity contribution in [3.8, 4) is 22.3 Å². The van der Waals surface area contributed by atoms with Crippen LogP contribution in [0.5, 0.6) is 0 Å². The van der Waals surface area contributed by atoms with Crippen LogP contribution in [-0.4, -0.2) is 11.3 Å². The molecule has 0 amide bonds. The Bertz CT molecular complexity index is 4460. The molecule has 0 spiro atoms. The van der Waals surface area contributed by atoms with Gasteiger partial charge in [0, 0.05) is 80.5 Å². The molecule has 5 nitrogen and oxygen atoms in total. The summed E-state index contributed by atoms with van der Waals surface area (Å²) < 4.78 is 17.2. The molecule has 3 aromatic heterocycles. The molecule has 0 aliphatic carbocycles. The highest BCUT2D eigenvalue weighted by atomic mass is 32.2. The van der Waals surface area contributed by atoms with E-state index in [9.17, 15) is 0 Å². The summed E-state index contributed by atoms with van der Waals surface area (Å²) in [7, 11) is 0. The molecule has 350 valence electrons. The summed E-state index contributed by atoms with van der Waals surface area (Å²) in [4.78, 5) is 10.0. The zero-order chi connectivity index (χ0) is 49.0. The first-order chi connectivity index (χ1) is 36.3. The van der Waals surface area contributed by atoms with Crippen molar-refractivity contribution in [2.24, 2.45) is 0 Å². The molecule has 10 aromatic carbocycles. The smallest absolute Gasteiger partial charge is 0.333 e. The Kier molecular flexibility index (Phi) is 8.91. The van der Waals surface area contributed by atoms with Gasteiger partial charge in [0.05, 0.1) is 16.9 Å². The van der Waals surface area contributed by atoms with Crippen LogP contribution in [0.15, 0.2) is 241 Å². The van der Waals surface area contributed by atoms with Gasteiger partial charge in [-0.05, 0) is 130 Å². The van der Waals surface area contributed by atoms with Gasteiger partial charge in [-0.15, -0.1) is 0 Å². The maximum absolute atomic E-state index is 7.35. The molecule has 0 N–H and O–H groups in total. The Hall–Kier alpha value is -8.30. The lowest BCUT2D eigenvalue weighted by atomic mass is 9.45. The highest BCUT2D eigenvalue weighted by Crippen LogP contribution is 2.56. The largest absolute Gasteiger partial charge is 0.454 e. The van der Waals surface area contributed by atoms with Crippen LogP contribution in [0.25, 0.3) is 77.2 Å². The molecular formula is C66H44BN3O2S2. The average molecular weight is 986 g/mol. The predicted molar refractivity (Wildman–Crippen MR) is 311 cm³/mol. The lowest BCUT2D eigenvalue weighted by molar-refractivity contribution is 0.590. The Morgan fingerprint density at radius 2 is 1.05 bits per heavy atom. The van der Waals surface area contributed by atoms with Crippen LogP contribution in [0.4, 0.5) is 34.1 Å². The number of furan rings is 2. The van der Waals surface area contributed by atoms with E-state index in [0.29, 0.717) is 0 Å². The van der Waals surface area contributed by atoms with Crippen LogP contribution in [0.1, 0.15) is 26.3 Å². The molecule has 16 rings (SSSR count). The second-order valence-electron chi connectivity index (χ2n) is 20.8. The van der Waals surface area contributed by atoms with Crippen molar-refractivity contribution in [3.63, 3.8) is 0 Å². The van der Waals surface area contributed by atoms with Gasteiger partial charge in [0.25, 0.3) is 0 Å². The molecule has 0 radical (unpaired) electrons. The molecule has 3 aliphatic heterocycles. The van der Waals surface area contributed by atoms with E-state index in [2.05, 4.69) is 247 Å². The topological polar surface area (TPSA) is 37.7 Å². The van der Waals surface area contributed by atoms with E-state index in [1.54, 1.807) is 0 Å². The number of anilines is 6. The molecule has 8 heteroatoms. The fourth-order valence-corrected chi connectivity index (χ4v) is 14.5. The zero-order valence-electron chi connectivity index (χ0n) is 40.8. The Morgan fingerprint density at radius 3 is 1.76 bits per heavy atom. The van der Waals surface area contributed by atoms with E-state index in [-0.39, 0.29) is 12.3 Å². The first kappa shape index (κ1) is 42.2. The van der Waals surface area contributed by atoms with Crippen LogP contribution in [-0.2, 0) is 5.41 Å². The van der Waals surface area contributed by atoms with E-state index in [1.165, 1.54) is 47.2 Å². The summed E-state index contributed by atoms with van der Waals surface area (Å²) in [6, 6.07) is 77.8. The van der Waals surface area contributed by atoms with Gasteiger partial charge in [-0.1, -0.05) is 160 Å². The van der Waals surface area contributed by atoms with Crippen molar-refractivity contribution >= 4 is 130 Å². The van der Waals surface area contributed by atoms with Crippen LogP contribution in [0.2, 0.25) is 0 Å². The van der Waals surface area contributed by atoms with Gasteiger partial charge in [-0.25, -0.2) is 0 Å². The summed E-state index contributed by atoms with van der Waals surface area (Å²) in [5.41, 5.74) is 20.5. The summed E-state index contributed by atoms with van der Waals surface area (Å²) in [6.45, 7) is 6.66. The molecule has 3 aliphatic rings. The molecule has 13 aromatic rings. The average Bonchev–Trinajstić information content (AvgIpc) is 4.26. The van der Waals surface area contributed by atoms with Crippen LogP contribution in [0.3, 0.4) is 0 Å². The molecule has 0 unspecified atom stereocenters. The van der Waals surface area contributed by atoms with Crippen molar-refractivity contribution in [2.75, 3.05) is 9.80 Å². The number of nitrogens with zero attached hydrogens (tertiary/aromatic N) is 3. The number of benzene rings is 10. The molecule has 0 atom stereocenters. The third kappa shape index (κ3) is 6.04. The summed E-state index contributed by atoms with van der Waals surface area (Å²) in [6.07, 6.45) is 0. The Balaban J connectivity index is 1.10. The summed E-state index contributed by atoms with van der Waals surface area (Å²) >= 11 is 3.74. The molecule has 0 saturated carbocycles. The minimum atomic E-state index is -0.260. The molecule has 0 bridgehead atoms. The highest BCUT2D eigenvalue weighted by molar-refractivity contribution is 8.05. The normalized spacial score (nSPS) is 13.4. The molecule has 0 fully saturated rings. The highest BCUT2D eigenvalue weighted by Gasteiger charge is 2.47. The quantitative estimate of drug-likeness (QED) is 0.160. The third-order valence-corrected chi connectivity index (χ3v) is 18.0. The maximum Gasteiger partial charge on any atom is 0.333 e. The SMILES string of the molecule is CC(C)(C)c1ccc(N2c3cc4c(cc3B3c5c(cc6c(oc7ccccc76)c52)-c2cc(N(c5ccccc5)c5ccccc5)cc5c6oc7ccccc7c6n3c25)Sc2ccccc2S4)c(-c2ccccc2)c1. The first-order valence-electron chi connectivity index (χ1n) is 25.3. The number of hydrogen-bond donors (Lipinski definition) is 0. The van der Waals surface area contributed by atoms with Crippen molar-refractivity contribution < 1.29 is 8.83 Å². The zero-order valence-corrected chi connectivity index (χ0v) is 42.4. The molecule has 6 heterocycles. The van der Waals surface area contributed by atoms with Gasteiger partial charge in [0.1, 0.15) is 11.2 Å². The van der Waals surface area contributed by atoms with Crippen molar-refractivity contribution in [1.82, 2.24) is 4.48 Å². The fourth-order valence-electron chi connectivity index (χ4n) is 12.2. The van der Waals surface area contributed by atoms with Crippen LogP contribution < -0.4 is 20.7 Å². The lowest BCUT2D eigenvalue weighted by Crippen LogP contribution is -2.56. The van der Waals surface area contributed by atoms with Crippen molar-refractivity contribution in [2.45, 2.75) is 45.8 Å². The van der Waals surface area contributed by atoms with Gasteiger partial charge in [-0.2, -0.15) is 0 Å². The number of hydrogen-bond acceptors (Lipinski definition) is 6. The van der Waals surface area contributed by atoms with E-state index in [4.69, 9.17) is 8.83 Å². The molecule has 0 saturated heterocycles. The van der Waals surface area contributed by atoms with Gasteiger partial charge < -0.3 is 23.1 Å². The number of aromatic nitrogens is 1. The Labute approximate surface area is 436 Å². The van der Waals surface area contributed by atoms with E-state index < -0.39 is 0 Å². The van der Waals surface area contributed by atoms with Gasteiger partial charge >= 0.3 is 6.85 Å². The van der Waals surface area contributed by atoms with Gasteiger partial charge in [-0.3, -0.25) is 0 Å². The monoisotopic (exact) mass is 985 g/mol. The number of rotatable bonds is 5. The Morgan fingerprint density at radius 1 is 0.446 bits per heavy atom. The summed E-state index contributed by atoms with van der Waals surface area (Å²) in [5.74, 6) is 0. The van der Waals surface area contributed by atoms with Gasteiger partial charge in [0.2, 0.25) is 0 Å². The molecular weight excluding hydrogens is 942 g/mol. The minimum Gasteiger partial charge on any atom is -0.454 e. The first-order valence-corrected chi connectivity index (χ1v) is 27.0. The lowest BCUT2D eigenvalue weighted by Gasteiger charge is -2.42. The second kappa shape index (κ2) is 15.6. The van der Waals surface area contributed by atoms with Crippen molar-refractivity contribution in [3.05, 3.63) is 218 Å². The van der Waals surface area contributed by atoms with Crippen molar-refractivity contribution in [1.29, 1.82) is 0 Å². The third-order valence-electron chi connectivity index (χ3n) is 15.5. The van der Waals surface area contributed by atoms with Crippen LogP contribution >= 0.6 is 23.5 Å². The van der Waals surface area contributed by atoms with E-state index in [0.717, 1.165) is 100 Å². The fraction of sp³-hybridized carbons (Fsp3) is 0.0606. The number of fused-ring (bicyclic) bond motifs is 15. The van der Waals surface area contributed by atoms with E-state index in [1.807, 2.05) is 23.5 Å². The second-order valence-corrected chi connectivity index (χ2v) is 23.0. The minimum absolute atomic E-state index is 0.0848. The standard InChI is InChI=1S/C66H44BN3O2S2/c1-66(2,3)40-31-32-52(46(33-40)39-19-7-4-8-20-39)69-53-38-59-58(73-56-29-17-18-30-57(56)74-59)37-51(53)67-60-47(36-49-44-25-13-15-27-54(44)71-64(49)63(60)69)48-34-43(68(41-21-9-5-10-22-41)42-23-11-6-12-24-42)35-50-61(48)70(67)62-45-26-14-16-28-55(45)72-65(50)62/h4-38H,1-3H3. The summed E-state index contributed by atoms with van der Waals surface area (Å²) in [5, 5.41) is 4.35. The predicted octanol–water partition coefficient (Wildman–Crippen LogP) is 17.9. The van der Waals surface area contributed by atoms with Gasteiger partial charge in [0.15, 0.2) is 11.2 Å². The molecule has 74 heavy (non-hydrogen) atoms. The van der Waals surface area contributed by atoms with Crippen LogP contribution in [0, 0.1) is 0 Å². The van der Waals surface area contributed by atoms with E-state index >= 15 is 0 Å². The maximum atomic E-state index is 7.35. The number of para-hydroxylation sites is 4.